The van der Waals surface area contributed by atoms with E-state index in [0.717, 1.165) is 4.88 Å². The highest BCUT2D eigenvalue weighted by atomic mass is 32.1. The highest BCUT2D eigenvalue weighted by Crippen LogP contribution is 2.30. The van der Waals surface area contributed by atoms with Gasteiger partial charge in [0, 0.05) is 16.6 Å². The summed E-state index contributed by atoms with van der Waals surface area (Å²) in [4.78, 5) is 29.2. The SMILES string of the molecule is CC(=O)c1ccccc1C(=O)Nc1ncc(C(C)(C)C)s1. The van der Waals surface area contributed by atoms with Crippen LogP contribution in [0.3, 0.4) is 0 Å². The van der Waals surface area contributed by atoms with Gasteiger partial charge in [-0.1, -0.05) is 39.0 Å². The number of nitrogens with zero attached hydrogens (tertiary/aromatic N) is 1. The Morgan fingerprint density at radius 1 is 1.14 bits per heavy atom. The Balaban J connectivity index is 2.23. The number of aromatic nitrogens is 1. The van der Waals surface area contributed by atoms with E-state index in [-0.39, 0.29) is 17.1 Å². The van der Waals surface area contributed by atoms with E-state index in [1.807, 2.05) is 0 Å². The number of ketones is 1. The molecule has 0 unspecified atom stereocenters. The van der Waals surface area contributed by atoms with Crippen molar-refractivity contribution in [3.05, 3.63) is 46.5 Å². The number of hydrogen-bond donors (Lipinski definition) is 1. The second-order valence-corrected chi connectivity index (χ2v) is 6.87. The number of benzene rings is 1. The quantitative estimate of drug-likeness (QED) is 0.875. The number of nitrogens with one attached hydrogen (secondary N) is 1. The Bertz CT molecular complexity index is 684. The molecule has 0 aliphatic carbocycles. The molecule has 0 saturated carbocycles. The Morgan fingerprint density at radius 2 is 1.76 bits per heavy atom. The lowest BCUT2D eigenvalue weighted by Gasteiger charge is -2.14. The molecule has 1 aromatic heterocycles. The molecule has 0 spiro atoms. The van der Waals surface area contributed by atoms with Crippen molar-refractivity contribution < 1.29 is 9.59 Å². The third kappa shape index (κ3) is 3.55. The first-order valence-corrected chi connectivity index (χ1v) is 7.48. The minimum absolute atomic E-state index is 0.00205. The molecule has 21 heavy (non-hydrogen) atoms. The fourth-order valence-electron chi connectivity index (χ4n) is 1.83. The molecule has 1 N–H and O–H groups in total. The van der Waals surface area contributed by atoms with Crippen molar-refractivity contribution in [1.29, 1.82) is 0 Å². The molecule has 2 rings (SSSR count). The van der Waals surface area contributed by atoms with E-state index >= 15 is 0 Å². The summed E-state index contributed by atoms with van der Waals surface area (Å²) in [6.07, 6.45) is 1.77. The average molecular weight is 302 g/mol. The van der Waals surface area contributed by atoms with Crippen LogP contribution in [-0.2, 0) is 5.41 Å². The van der Waals surface area contributed by atoms with E-state index in [4.69, 9.17) is 0 Å². The normalized spacial score (nSPS) is 11.2. The van der Waals surface area contributed by atoms with Crippen molar-refractivity contribution in [2.24, 2.45) is 0 Å². The van der Waals surface area contributed by atoms with Gasteiger partial charge in [0.25, 0.3) is 5.91 Å². The number of hydrogen-bond acceptors (Lipinski definition) is 4. The van der Waals surface area contributed by atoms with Gasteiger partial charge >= 0.3 is 0 Å². The number of anilines is 1. The molecule has 0 aliphatic heterocycles. The van der Waals surface area contributed by atoms with Crippen LogP contribution < -0.4 is 5.32 Å². The lowest BCUT2D eigenvalue weighted by molar-refractivity contribution is 0.0985. The van der Waals surface area contributed by atoms with Crippen molar-refractivity contribution in [3.63, 3.8) is 0 Å². The van der Waals surface area contributed by atoms with Gasteiger partial charge in [-0.2, -0.15) is 0 Å². The third-order valence-electron chi connectivity index (χ3n) is 3.02. The molecule has 5 heteroatoms. The predicted octanol–water partition coefficient (Wildman–Crippen LogP) is 3.90. The first-order valence-electron chi connectivity index (χ1n) is 6.66. The summed E-state index contributed by atoms with van der Waals surface area (Å²) >= 11 is 1.45. The van der Waals surface area contributed by atoms with Crippen LogP contribution in [0.25, 0.3) is 0 Å². The van der Waals surface area contributed by atoms with Gasteiger partial charge in [0.15, 0.2) is 10.9 Å². The molecule has 1 heterocycles. The number of amides is 1. The van der Waals surface area contributed by atoms with Gasteiger partial charge in [0.1, 0.15) is 0 Å². The Hall–Kier alpha value is -2.01. The molecule has 2 aromatic rings. The van der Waals surface area contributed by atoms with Crippen LogP contribution in [0, 0.1) is 0 Å². The Kier molecular flexibility index (Phi) is 4.23. The molecule has 1 aromatic carbocycles. The second-order valence-electron chi connectivity index (χ2n) is 5.84. The summed E-state index contributed by atoms with van der Waals surface area (Å²) in [7, 11) is 0. The smallest absolute Gasteiger partial charge is 0.258 e. The van der Waals surface area contributed by atoms with E-state index in [0.29, 0.717) is 16.3 Å². The average Bonchev–Trinajstić information content (AvgIpc) is 2.87. The molecule has 0 atom stereocenters. The van der Waals surface area contributed by atoms with Gasteiger partial charge in [-0.15, -0.1) is 11.3 Å². The maximum absolute atomic E-state index is 12.3. The summed E-state index contributed by atoms with van der Waals surface area (Å²) in [5.74, 6) is -0.439. The Morgan fingerprint density at radius 3 is 2.29 bits per heavy atom. The molecule has 110 valence electrons. The first kappa shape index (κ1) is 15.4. The van der Waals surface area contributed by atoms with E-state index < -0.39 is 0 Å². The summed E-state index contributed by atoms with van der Waals surface area (Å²) < 4.78 is 0. The predicted molar refractivity (Wildman–Crippen MR) is 85.2 cm³/mol. The Labute approximate surface area is 128 Å². The summed E-state index contributed by atoms with van der Waals surface area (Å²) in [5, 5.41) is 3.31. The topological polar surface area (TPSA) is 59.1 Å². The standard InChI is InChI=1S/C16H18N2O2S/c1-10(19)11-7-5-6-8-12(11)14(20)18-15-17-9-13(21-15)16(2,3)4/h5-9H,1-4H3,(H,17,18,20). The van der Waals surface area contributed by atoms with Crippen LogP contribution in [0.2, 0.25) is 0 Å². The summed E-state index contributed by atoms with van der Waals surface area (Å²) in [6.45, 7) is 7.73. The summed E-state index contributed by atoms with van der Waals surface area (Å²) in [5.41, 5.74) is 0.790. The van der Waals surface area contributed by atoms with Crippen LogP contribution in [0.1, 0.15) is 53.3 Å². The lowest BCUT2D eigenvalue weighted by Crippen LogP contribution is -2.15. The van der Waals surface area contributed by atoms with Gasteiger partial charge in [0.05, 0.1) is 5.56 Å². The molecular weight excluding hydrogens is 284 g/mol. The molecule has 0 bridgehead atoms. The number of Topliss-reactive ketones (excluding diaryl/α,β-unsaturated/α-hetero) is 1. The van der Waals surface area contributed by atoms with Gasteiger partial charge < -0.3 is 0 Å². The van der Waals surface area contributed by atoms with E-state index in [2.05, 4.69) is 31.1 Å². The van der Waals surface area contributed by atoms with Crippen LogP contribution in [-0.4, -0.2) is 16.7 Å². The van der Waals surface area contributed by atoms with Gasteiger partial charge in [-0.3, -0.25) is 14.9 Å². The zero-order chi connectivity index (χ0) is 15.6. The molecule has 1 amide bonds. The van der Waals surface area contributed by atoms with Gasteiger partial charge in [-0.05, 0) is 18.4 Å². The lowest BCUT2D eigenvalue weighted by atomic mass is 9.96. The van der Waals surface area contributed by atoms with E-state index in [1.165, 1.54) is 18.3 Å². The molecule has 0 saturated heterocycles. The minimum Gasteiger partial charge on any atom is -0.298 e. The van der Waals surface area contributed by atoms with Crippen molar-refractivity contribution in [2.75, 3.05) is 5.32 Å². The summed E-state index contributed by atoms with van der Waals surface area (Å²) in [6, 6.07) is 6.78. The molecule has 0 aliphatic rings. The molecule has 0 radical (unpaired) electrons. The van der Waals surface area contributed by atoms with Crippen molar-refractivity contribution in [1.82, 2.24) is 4.98 Å². The van der Waals surface area contributed by atoms with E-state index in [9.17, 15) is 9.59 Å². The number of carbonyl (C=O) groups is 2. The van der Waals surface area contributed by atoms with Crippen molar-refractivity contribution in [2.45, 2.75) is 33.1 Å². The monoisotopic (exact) mass is 302 g/mol. The van der Waals surface area contributed by atoms with Crippen molar-refractivity contribution >= 4 is 28.2 Å². The zero-order valence-corrected chi connectivity index (χ0v) is 13.4. The maximum atomic E-state index is 12.3. The largest absolute Gasteiger partial charge is 0.298 e. The molecular formula is C16H18N2O2S. The highest BCUT2D eigenvalue weighted by Gasteiger charge is 2.19. The fraction of sp³-hybridized carbons (Fsp3) is 0.312. The second kappa shape index (κ2) is 5.77. The van der Waals surface area contributed by atoms with Gasteiger partial charge in [0.2, 0.25) is 0 Å². The number of thiazole rings is 1. The van der Waals surface area contributed by atoms with Gasteiger partial charge in [-0.25, -0.2) is 4.98 Å². The minimum atomic E-state index is -0.310. The molecule has 4 nitrogen and oxygen atoms in total. The number of rotatable bonds is 3. The maximum Gasteiger partial charge on any atom is 0.258 e. The van der Waals surface area contributed by atoms with E-state index in [1.54, 1.807) is 30.5 Å². The molecule has 0 fully saturated rings. The fourth-order valence-corrected chi connectivity index (χ4v) is 2.70. The van der Waals surface area contributed by atoms with Crippen LogP contribution >= 0.6 is 11.3 Å². The van der Waals surface area contributed by atoms with Crippen molar-refractivity contribution in [3.8, 4) is 0 Å². The highest BCUT2D eigenvalue weighted by molar-refractivity contribution is 7.15. The van der Waals surface area contributed by atoms with Crippen LogP contribution in [0.15, 0.2) is 30.5 Å². The zero-order valence-electron chi connectivity index (χ0n) is 12.6. The van der Waals surface area contributed by atoms with Crippen LogP contribution in [0.5, 0.6) is 0 Å². The van der Waals surface area contributed by atoms with Crippen LogP contribution in [0.4, 0.5) is 5.13 Å². The number of carbonyl (C=O) groups excluding carboxylic acids is 2. The first-order chi connectivity index (χ1) is 9.79. The third-order valence-corrected chi connectivity index (χ3v) is 4.35.